The Kier molecular flexibility index (Phi) is 6.83. The SMILES string of the molecule is COCCOCC(O)CNCc1ccco1. The molecule has 5 heteroatoms. The summed E-state index contributed by atoms with van der Waals surface area (Å²) in [5.74, 6) is 0.854. The molecule has 1 heterocycles. The fourth-order valence-corrected chi connectivity index (χ4v) is 1.20. The molecule has 0 saturated heterocycles. The van der Waals surface area contributed by atoms with E-state index in [9.17, 15) is 5.11 Å². The van der Waals surface area contributed by atoms with Crippen LogP contribution < -0.4 is 5.32 Å². The molecule has 5 nitrogen and oxygen atoms in total. The number of methoxy groups -OCH3 is 1. The standard InChI is InChI=1S/C11H19NO4/c1-14-5-6-15-9-10(13)7-12-8-11-3-2-4-16-11/h2-4,10,12-13H,5-9H2,1H3. The lowest BCUT2D eigenvalue weighted by Gasteiger charge is -2.11. The van der Waals surface area contributed by atoms with E-state index in [0.29, 0.717) is 32.9 Å². The first-order valence-electron chi connectivity index (χ1n) is 5.30. The van der Waals surface area contributed by atoms with Crippen LogP contribution in [0, 0.1) is 0 Å². The van der Waals surface area contributed by atoms with Crippen LogP contribution in [0.2, 0.25) is 0 Å². The molecule has 2 N–H and O–H groups in total. The molecule has 0 spiro atoms. The summed E-state index contributed by atoms with van der Waals surface area (Å²) in [5.41, 5.74) is 0. The largest absolute Gasteiger partial charge is 0.468 e. The quantitative estimate of drug-likeness (QED) is 0.600. The second-order valence-electron chi connectivity index (χ2n) is 3.43. The maximum Gasteiger partial charge on any atom is 0.117 e. The van der Waals surface area contributed by atoms with Crippen LogP contribution in [0.5, 0.6) is 0 Å². The van der Waals surface area contributed by atoms with Crippen molar-refractivity contribution in [1.82, 2.24) is 5.32 Å². The van der Waals surface area contributed by atoms with Crippen molar-refractivity contribution in [1.29, 1.82) is 0 Å². The van der Waals surface area contributed by atoms with Crippen LogP contribution in [-0.4, -0.2) is 44.7 Å². The first-order chi connectivity index (χ1) is 7.83. The zero-order valence-corrected chi connectivity index (χ0v) is 9.52. The number of rotatable bonds is 9. The van der Waals surface area contributed by atoms with Crippen molar-refractivity contribution in [3.8, 4) is 0 Å². The Labute approximate surface area is 95.4 Å². The number of nitrogens with one attached hydrogen (secondary N) is 1. The van der Waals surface area contributed by atoms with Crippen molar-refractivity contribution in [2.24, 2.45) is 0 Å². The third-order valence-electron chi connectivity index (χ3n) is 2.00. The van der Waals surface area contributed by atoms with E-state index in [1.165, 1.54) is 0 Å². The van der Waals surface area contributed by atoms with Crippen molar-refractivity contribution in [3.63, 3.8) is 0 Å². The first kappa shape index (κ1) is 13.2. The van der Waals surface area contributed by atoms with E-state index in [4.69, 9.17) is 13.9 Å². The second kappa shape index (κ2) is 8.29. The molecule has 1 aromatic rings. The highest BCUT2D eigenvalue weighted by atomic mass is 16.5. The van der Waals surface area contributed by atoms with Crippen LogP contribution >= 0.6 is 0 Å². The summed E-state index contributed by atoms with van der Waals surface area (Å²) < 4.78 is 15.1. The highest BCUT2D eigenvalue weighted by Gasteiger charge is 2.04. The zero-order chi connectivity index (χ0) is 11.6. The molecular weight excluding hydrogens is 210 g/mol. The molecule has 0 aromatic carbocycles. The first-order valence-corrected chi connectivity index (χ1v) is 5.30. The fraction of sp³-hybridized carbons (Fsp3) is 0.636. The Morgan fingerprint density at radius 2 is 2.38 bits per heavy atom. The maximum atomic E-state index is 9.52. The molecule has 0 saturated carbocycles. The Hall–Kier alpha value is -0.880. The number of aliphatic hydroxyl groups is 1. The third kappa shape index (κ3) is 5.87. The summed E-state index contributed by atoms with van der Waals surface area (Å²) >= 11 is 0. The van der Waals surface area contributed by atoms with Crippen LogP contribution in [0.1, 0.15) is 5.76 Å². The molecule has 1 rings (SSSR count). The minimum Gasteiger partial charge on any atom is -0.468 e. The molecular formula is C11H19NO4. The Morgan fingerprint density at radius 1 is 1.50 bits per heavy atom. The van der Waals surface area contributed by atoms with Gasteiger partial charge >= 0.3 is 0 Å². The third-order valence-corrected chi connectivity index (χ3v) is 2.00. The van der Waals surface area contributed by atoms with E-state index < -0.39 is 6.10 Å². The van der Waals surface area contributed by atoms with Crippen molar-refractivity contribution in [2.45, 2.75) is 12.6 Å². The number of hydrogen-bond donors (Lipinski definition) is 2. The van der Waals surface area contributed by atoms with Gasteiger partial charge in [-0.3, -0.25) is 0 Å². The molecule has 0 aliphatic rings. The van der Waals surface area contributed by atoms with Gasteiger partial charge in [0.25, 0.3) is 0 Å². The maximum absolute atomic E-state index is 9.52. The van der Waals surface area contributed by atoms with Gasteiger partial charge in [0.1, 0.15) is 5.76 Å². The predicted octanol–water partition coefficient (Wildman–Crippen LogP) is 0.393. The van der Waals surface area contributed by atoms with Crippen LogP contribution in [0.25, 0.3) is 0 Å². The Bertz CT molecular complexity index is 250. The zero-order valence-electron chi connectivity index (χ0n) is 9.52. The van der Waals surface area contributed by atoms with E-state index in [0.717, 1.165) is 5.76 Å². The molecule has 0 amide bonds. The lowest BCUT2D eigenvalue weighted by molar-refractivity contribution is 0.0136. The van der Waals surface area contributed by atoms with Crippen molar-refractivity contribution >= 4 is 0 Å². The summed E-state index contributed by atoms with van der Waals surface area (Å²) in [6.07, 6.45) is 1.12. The van der Waals surface area contributed by atoms with Crippen molar-refractivity contribution < 1.29 is 19.0 Å². The molecule has 0 aliphatic heterocycles. The highest BCUT2D eigenvalue weighted by Crippen LogP contribution is 1.98. The Balaban J connectivity index is 1.95. The second-order valence-corrected chi connectivity index (χ2v) is 3.43. The fourth-order valence-electron chi connectivity index (χ4n) is 1.20. The molecule has 1 atom stereocenters. The van der Waals surface area contributed by atoms with Gasteiger partial charge in [-0.15, -0.1) is 0 Å². The van der Waals surface area contributed by atoms with Crippen LogP contribution in [0.4, 0.5) is 0 Å². The lowest BCUT2D eigenvalue weighted by Crippen LogP contribution is -2.30. The monoisotopic (exact) mass is 229 g/mol. The summed E-state index contributed by atoms with van der Waals surface area (Å²) in [6.45, 7) is 2.46. The summed E-state index contributed by atoms with van der Waals surface area (Å²) in [7, 11) is 1.62. The van der Waals surface area contributed by atoms with Gasteiger partial charge in [-0.05, 0) is 12.1 Å². The lowest BCUT2D eigenvalue weighted by atomic mass is 10.3. The topological polar surface area (TPSA) is 63.9 Å². The minimum atomic E-state index is -0.508. The highest BCUT2D eigenvalue weighted by molar-refractivity contribution is 4.97. The van der Waals surface area contributed by atoms with Crippen molar-refractivity contribution in [2.75, 3.05) is 33.5 Å². The van der Waals surface area contributed by atoms with E-state index in [-0.39, 0.29) is 0 Å². The van der Waals surface area contributed by atoms with E-state index in [1.54, 1.807) is 13.4 Å². The summed E-state index contributed by atoms with van der Waals surface area (Å²) in [4.78, 5) is 0. The molecule has 16 heavy (non-hydrogen) atoms. The van der Waals surface area contributed by atoms with E-state index in [2.05, 4.69) is 5.32 Å². The van der Waals surface area contributed by atoms with E-state index >= 15 is 0 Å². The normalized spacial score (nSPS) is 12.9. The molecule has 0 radical (unpaired) electrons. The number of hydrogen-bond acceptors (Lipinski definition) is 5. The van der Waals surface area contributed by atoms with E-state index in [1.807, 2.05) is 12.1 Å². The Morgan fingerprint density at radius 3 is 3.06 bits per heavy atom. The summed E-state index contributed by atoms with van der Waals surface area (Å²) in [6, 6.07) is 3.72. The van der Waals surface area contributed by atoms with Gasteiger partial charge in [0.05, 0.1) is 38.7 Å². The van der Waals surface area contributed by atoms with Gasteiger partial charge in [0.2, 0.25) is 0 Å². The van der Waals surface area contributed by atoms with Gasteiger partial charge < -0.3 is 24.3 Å². The predicted molar refractivity (Wildman–Crippen MR) is 59.1 cm³/mol. The molecule has 0 aliphatic carbocycles. The average Bonchev–Trinajstić information content (AvgIpc) is 2.77. The van der Waals surface area contributed by atoms with Crippen LogP contribution in [0.15, 0.2) is 22.8 Å². The molecule has 0 bridgehead atoms. The van der Waals surface area contributed by atoms with Crippen LogP contribution in [-0.2, 0) is 16.0 Å². The summed E-state index contributed by atoms with van der Waals surface area (Å²) in [5, 5.41) is 12.6. The average molecular weight is 229 g/mol. The van der Waals surface area contributed by atoms with Gasteiger partial charge in [-0.1, -0.05) is 0 Å². The smallest absolute Gasteiger partial charge is 0.117 e. The molecule has 1 aromatic heterocycles. The van der Waals surface area contributed by atoms with Gasteiger partial charge in [-0.2, -0.15) is 0 Å². The molecule has 92 valence electrons. The minimum absolute atomic E-state index is 0.314. The van der Waals surface area contributed by atoms with Crippen molar-refractivity contribution in [3.05, 3.63) is 24.2 Å². The number of ether oxygens (including phenoxy) is 2. The van der Waals surface area contributed by atoms with Crippen LogP contribution in [0.3, 0.4) is 0 Å². The van der Waals surface area contributed by atoms with Gasteiger partial charge in [0, 0.05) is 13.7 Å². The molecule has 1 unspecified atom stereocenters. The van der Waals surface area contributed by atoms with Gasteiger partial charge in [0.15, 0.2) is 0 Å². The number of furan rings is 1. The number of aliphatic hydroxyl groups excluding tert-OH is 1. The van der Waals surface area contributed by atoms with Gasteiger partial charge in [-0.25, -0.2) is 0 Å². The molecule has 0 fully saturated rings.